The van der Waals surface area contributed by atoms with E-state index in [1.165, 1.54) is 0 Å². The second-order valence-corrected chi connectivity index (χ2v) is 0.816. The third-order valence-electron chi connectivity index (χ3n) is 0. The van der Waals surface area contributed by atoms with Crippen LogP contribution >= 0.6 is 0 Å². The Morgan fingerprint density at radius 3 is 0.800 bits per heavy atom. The topological polar surface area (TPSA) is 0 Å². The van der Waals surface area contributed by atoms with Gasteiger partial charge in [-0.3, -0.25) is 0 Å². The van der Waals surface area contributed by atoms with E-state index in [0.717, 1.165) is 0 Å². The Morgan fingerprint density at radius 2 is 0.800 bits per heavy atom. The van der Waals surface area contributed by atoms with Gasteiger partial charge < -0.3 is 37.2 Å². The van der Waals surface area contributed by atoms with Crippen molar-refractivity contribution in [2.45, 2.75) is 13.8 Å². The molecule has 0 bridgehead atoms. The van der Waals surface area contributed by atoms with Crippen molar-refractivity contribution in [3.8, 4) is 0 Å². The molecule has 0 aliphatic carbocycles. The van der Waals surface area contributed by atoms with Crippen molar-refractivity contribution in [1.82, 2.24) is 0 Å². The zero-order chi connectivity index (χ0) is 5.41. The molecule has 0 fully saturated rings. The van der Waals surface area contributed by atoms with Gasteiger partial charge in [0.05, 0.1) is 0 Å². The maximum Gasteiger partial charge on any atom is 3.00 e. The van der Waals surface area contributed by atoms with Crippen molar-refractivity contribution >= 4 is 17.4 Å². The van der Waals surface area contributed by atoms with Crippen molar-refractivity contribution in [2.24, 2.45) is 0 Å². The van der Waals surface area contributed by atoms with Crippen LogP contribution in [-0.2, 0) is 0 Å². The first-order chi connectivity index (χ1) is 2.83. The van der Waals surface area contributed by atoms with Crippen LogP contribution in [0.5, 0.6) is 0 Å². The van der Waals surface area contributed by atoms with Crippen LogP contribution in [0.2, 0.25) is 0 Å². The molecule has 0 saturated carbocycles. The minimum absolute atomic E-state index is 0. The second-order valence-electron chi connectivity index (χ2n) is 0.816. The van der Waals surface area contributed by atoms with E-state index in [1.807, 2.05) is 13.8 Å². The molecule has 4 heteroatoms. The monoisotopic (exact) mass is 216 g/mol. The summed E-state index contributed by atoms with van der Waals surface area (Å²) in [6, 6.07) is 0. The van der Waals surface area contributed by atoms with Gasteiger partial charge >= 0.3 is 17.4 Å². The van der Waals surface area contributed by atoms with Crippen LogP contribution in [0.4, 0.5) is 0 Å². The molecule has 0 aromatic heterocycles. The predicted octanol–water partition coefficient (Wildman–Crippen LogP) is -6.98. The van der Waals surface area contributed by atoms with Crippen LogP contribution in [0.1, 0.15) is 13.8 Å². The number of allylic oxidation sites excluding steroid dienone is 2. The van der Waals surface area contributed by atoms with Gasteiger partial charge in [-0.15, -0.1) is 13.2 Å². The summed E-state index contributed by atoms with van der Waals surface area (Å²) >= 11 is 0. The van der Waals surface area contributed by atoms with Gasteiger partial charge in [0.25, 0.3) is 0 Å². The molecule has 0 heterocycles. The molecule has 0 aliphatic rings. The average molecular weight is 218 g/mol. The van der Waals surface area contributed by atoms with Gasteiger partial charge in [0, 0.05) is 0 Å². The van der Waals surface area contributed by atoms with Crippen molar-refractivity contribution in [3.05, 3.63) is 25.3 Å². The van der Waals surface area contributed by atoms with Crippen molar-refractivity contribution in [2.75, 3.05) is 0 Å². The second kappa shape index (κ2) is 93.8. The Kier molecular flexibility index (Phi) is 418. The van der Waals surface area contributed by atoms with Crippen molar-refractivity contribution < 1.29 is 37.2 Å². The Labute approximate surface area is 93.5 Å². The first kappa shape index (κ1) is 44.6. The summed E-state index contributed by atoms with van der Waals surface area (Å²) in [6.07, 6.45) is 3.50. The summed E-state index contributed by atoms with van der Waals surface area (Å²) in [5, 5.41) is 0. The maximum absolute atomic E-state index is 3.36. The smallest absolute Gasteiger partial charge is 1.00 e. The van der Waals surface area contributed by atoms with E-state index in [0.29, 0.717) is 0 Å². The molecule has 0 nitrogen and oxygen atoms in total. The van der Waals surface area contributed by atoms with Crippen LogP contribution < -0.4 is 37.2 Å². The van der Waals surface area contributed by atoms with E-state index in [1.54, 1.807) is 12.2 Å². The van der Waals surface area contributed by atoms with Crippen LogP contribution in [0.15, 0.2) is 25.3 Å². The minimum atomic E-state index is 0. The summed E-state index contributed by atoms with van der Waals surface area (Å²) in [5.41, 5.74) is 0. The van der Waals surface area contributed by atoms with Crippen LogP contribution in [-0.4, -0.2) is 17.4 Å². The predicted molar refractivity (Wildman–Crippen MR) is 37.5 cm³/mol. The molecule has 0 rings (SSSR count). The Bertz CT molecular complexity index is 34.0. The maximum atomic E-state index is 3.36. The fraction of sp³-hybridized carbons (Fsp3) is 0.333. The number of hydrogen-bond donors (Lipinski definition) is 0. The molecular weight excluding hydrogens is 205 g/mol. The van der Waals surface area contributed by atoms with Gasteiger partial charge in [0.1, 0.15) is 0 Å². The number of halogens is 3. The summed E-state index contributed by atoms with van der Waals surface area (Å²) < 4.78 is 0. The fourth-order valence-electron chi connectivity index (χ4n) is 0. The summed E-state index contributed by atoms with van der Waals surface area (Å²) in [4.78, 5) is 0. The molecule has 0 aliphatic heterocycles. The number of hydrogen-bond acceptors (Lipinski definition) is 0. The SMILES string of the molecule is C=CC.C=CC.[Al+3].[Cl-].[Cl-].[Cl-]. The third-order valence-corrected chi connectivity index (χ3v) is 0. The molecule has 0 N–H and O–H groups in total. The Hall–Kier alpha value is 0.882. The Balaban J connectivity index is -0.00000000571. The molecule has 0 amide bonds. The largest absolute Gasteiger partial charge is 3.00 e. The van der Waals surface area contributed by atoms with E-state index in [9.17, 15) is 0 Å². The molecular formula is C6H12AlCl3. The average Bonchev–Trinajstić information content (AvgIpc) is 1.39. The van der Waals surface area contributed by atoms with E-state index < -0.39 is 0 Å². The first-order valence-corrected chi connectivity index (χ1v) is 1.97. The molecule has 10 heavy (non-hydrogen) atoms. The zero-order valence-electron chi connectivity index (χ0n) is 6.28. The summed E-state index contributed by atoms with van der Waals surface area (Å²) in [6.45, 7) is 10.5. The Morgan fingerprint density at radius 1 is 0.800 bits per heavy atom. The van der Waals surface area contributed by atoms with Gasteiger partial charge in [-0.25, -0.2) is 0 Å². The minimum Gasteiger partial charge on any atom is -1.00 e. The summed E-state index contributed by atoms with van der Waals surface area (Å²) in [7, 11) is 0. The third kappa shape index (κ3) is 709. The van der Waals surface area contributed by atoms with E-state index in [4.69, 9.17) is 0 Å². The standard InChI is InChI=1S/2C3H6.Al.3ClH/c2*1-3-2;;;;/h2*3H,1H2,2H3;;3*1H/q;;+3;;;/p-3. The van der Waals surface area contributed by atoms with E-state index >= 15 is 0 Å². The van der Waals surface area contributed by atoms with Gasteiger partial charge in [0.15, 0.2) is 0 Å². The van der Waals surface area contributed by atoms with Crippen LogP contribution in [0.25, 0.3) is 0 Å². The first-order valence-electron chi connectivity index (χ1n) is 1.97. The van der Waals surface area contributed by atoms with E-state index in [-0.39, 0.29) is 54.6 Å². The van der Waals surface area contributed by atoms with Gasteiger partial charge in [0.2, 0.25) is 0 Å². The van der Waals surface area contributed by atoms with Gasteiger partial charge in [-0.05, 0) is 13.8 Å². The van der Waals surface area contributed by atoms with Gasteiger partial charge in [-0.2, -0.15) is 0 Å². The van der Waals surface area contributed by atoms with Crippen LogP contribution in [0, 0.1) is 0 Å². The molecule has 60 valence electrons. The fourth-order valence-corrected chi connectivity index (χ4v) is 0. The van der Waals surface area contributed by atoms with Crippen LogP contribution in [0.3, 0.4) is 0 Å². The van der Waals surface area contributed by atoms with Crippen molar-refractivity contribution in [3.63, 3.8) is 0 Å². The molecule has 0 spiro atoms. The molecule has 0 aromatic rings. The number of rotatable bonds is 0. The molecule has 0 atom stereocenters. The molecule has 0 radical (unpaired) electrons. The zero-order valence-corrected chi connectivity index (χ0v) is 9.70. The quantitative estimate of drug-likeness (QED) is 0.280. The molecule has 0 unspecified atom stereocenters. The molecule has 0 aromatic carbocycles. The normalized spacial score (nSPS) is 2.60. The summed E-state index contributed by atoms with van der Waals surface area (Å²) in [5.74, 6) is 0. The van der Waals surface area contributed by atoms with Crippen molar-refractivity contribution in [1.29, 1.82) is 0 Å². The molecule has 0 saturated heterocycles. The van der Waals surface area contributed by atoms with E-state index in [2.05, 4.69) is 13.2 Å². The van der Waals surface area contributed by atoms with Gasteiger partial charge in [-0.1, -0.05) is 12.2 Å².